The number of aryl methyl sites for hydroxylation is 2. The second-order valence-electron chi connectivity index (χ2n) is 11.7. The number of hydrogen-bond acceptors (Lipinski definition) is 2. The highest BCUT2D eigenvalue weighted by Crippen LogP contribution is 2.53. The van der Waals surface area contributed by atoms with Crippen molar-refractivity contribution in [3.63, 3.8) is 0 Å². The number of ketones is 1. The summed E-state index contributed by atoms with van der Waals surface area (Å²) in [6.45, 7) is 17.5. The molecule has 5 rings (SSSR count). The Morgan fingerprint density at radius 3 is 2.25 bits per heavy atom. The van der Waals surface area contributed by atoms with Gasteiger partial charge in [0.15, 0.2) is 0 Å². The maximum absolute atomic E-state index is 13.8. The van der Waals surface area contributed by atoms with Crippen molar-refractivity contribution in [3.8, 4) is 11.1 Å². The second-order valence-corrected chi connectivity index (χ2v) is 11.7. The number of carbonyl (C=O) groups excluding carboxylic acids is 1. The Morgan fingerprint density at radius 2 is 1.61 bits per heavy atom. The molecule has 0 aromatic rings. The molecule has 0 bridgehead atoms. The molecule has 36 heavy (non-hydrogen) atoms. The minimum Gasteiger partial charge on any atom is -0.506 e. The van der Waals surface area contributed by atoms with Gasteiger partial charge >= 0.3 is 0 Å². The third-order valence-electron chi connectivity index (χ3n) is 8.51. The van der Waals surface area contributed by atoms with Gasteiger partial charge in [0.2, 0.25) is 5.78 Å². The van der Waals surface area contributed by atoms with Crippen molar-refractivity contribution in [2.75, 3.05) is 0 Å². The molecule has 0 aromatic carbocycles. The van der Waals surface area contributed by atoms with E-state index in [1.54, 1.807) is 0 Å². The van der Waals surface area contributed by atoms with Crippen LogP contribution in [-0.2, 0) is 4.79 Å². The van der Waals surface area contributed by atoms with Crippen LogP contribution in [-0.4, -0.2) is 10.9 Å². The summed E-state index contributed by atoms with van der Waals surface area (Å²) in [6.07, 6.45) is 7.58. The molecule has 2 atom stereocenters. The average molecular weight is 479 g/mol. The smallest absolute Gasteiger partial charge is 0.201 e. The van der Waals surface area contributed by atoms with E-state index in [-0.39, 0.29) is 17.5 Å². The average Bonchev–Trinajstić information content (AvgIpc) is 3.11. The third kappa shape index (κ3) is 3.65. The lowest BCUT2D eigenvalue weighted by Gasteiger charge is -2.27. The summed E-state index contributed by atoms with van der Waals surface area (Å²) in [5.74, 6) is 1.49. The number of aliphatic hydroxyl groups is 1. The first-order chi connectivity index (χ1) is 17.0. The molecule has 5 aliphatic rings. The molecule has 5 aliphatic carbocycles. The zero-order valence-corrected chi connectivity index (χ0v) is 22.9. The molecule has 1 fully saturated rings. The number of fused-ring (bicyclic) bond motifs is 2. The molecule has 0 amide bonds. The summed E-state index contributed by atoms with van der Waals surface area (Å²) in [4.78, 5) is 13.8. The maximum atomic E-state index is 13.8. The van der Waals surface area contributed by atoms with E-state index in [1.165, 1.54) is 27.8 Å². The summed E-state index contributed by atoms with van der Waals surface area (Å²) in [5.41, 5.74) is 12.7. The second kappa shape index (κ2) is 8.76. The van der Waals surface area contributed by atoms with E-state index in [4.69, 9.17) is 0 Å². The summed E-state index contributed by atoms with van der Waals surface area (Å²) >= 11 is 0. The first-order valence-electron chi connectivity index (χ1n) is 13.4. The highest BCUT2D eigenvalue weighted by Gasteiger charge is 2.44. The van der Waals surface area contributed by atoms with Gasteiger partial charge in [0.25, 0.3) is 0 Å². The standard InChI is InChI=1S/C34H38O2/c1-17(2)23-11-9-19(5)29-25(15-23)21(7)13-27(29)31-33(35)32(34(31)36)28-14-22(8)26-16-24(18(3)4)12-10-20(6)30(26)28/h9-13,15-18,22,30,35H,14H2,1-8H3. The van der Waals surface area contributed by atoms with Gasteiger partial charge in [-0.2, -0.15) is 0 Å². The Hall–Kier alpha value is -3.13. The minimum atomic E-state index is -0.00747. The number of hydrogen-bond donors (Lipinski definition) is 1. The van der Waals surface area contributed by atoms with Crippen LogP contribution in [0.1, 0.15) is 76.1 Å². The Kier molecular flexibility index (Phi) is 5.98. The van der Waals surface area contributed by atoms with Crippen molar-refractivity contribution in [1.82, 2.24) is 0 Å². The van der Waals surface area contributed by atoms with Gasteiger partial charge < -0.3 is 5.11 Å². The van der Waals surface area contributed by atoms with E-state index in [0.717, 1.165) is 34.2 Å². The molecule has 0 saturated heterocycles. The van der Waals surface area contributed by atoms with Gasteiger partial charge in [-0.25, -0.2) is 0 Å². The molecule has 0 spiro atoms. The molecule has 2 nitrogen and oxygen atoms in total. The van der Waals surface area contributed by atoms with Crippen molar-refractivity contribution in [3.05, 3.63) is 98.4 Å². The molecule has 2 heteroatoms. The Bertz CT molecular complexity index is 1420. The molecule has 0 radical (unpaired) electrons. The number of aliphatic hydroxyl groups excluding tert-OH is 1. The van der Waals surface area contributed by atoms with Gasteiger partial charge in [0.1, 0.15) is 5.76 Å². The quantitative estimate of drug-likeness (QED) is 0.448. The first-order valence-corrected chi connectivity index (χ1v) is 13.4. The van der Waals surface area contributed by atoms with Crippen LogP contribution < -0.4 is 0 Å². The predicted molar refractivity (Wildman–Crippen MR) is 150 cm³/mol. The predicted octanol–water partition coefficient (Wildman–Crippen LogP) is 8.80. The molecule has 1 saturated carbocycles. The van der Waals surface area contributed by atoms with Crippen LogP contribution in [0.5, 0.6) is 0 Å². The van der Waals surface area contributed by atoms with E-state index < -0.39 is 0 Å². The molecular weight excluding hydrogens is 440 g/mol. The fourth-order valence-electron chi connectivity index (χ4n) is 6.33. The molecule has 0 aliphatic heterocycles. The first kappa shape index (κ1) is 24.6. The van der Waals surface area contributed by atoms with Gasteiger partial charge in [-0.3, -0.25) is 4.79 Å². The number of carbonyl (C=O) groups is 1. The number of Topliss-reactive ketones (excluding diaryl/α,β-unsaturated/α-hetero) is 1. The highest BCUT2D eigenvalue weighted by atomic mass is 16.3. The van der Waals surface area contributed by atoms with E-state index in [9.17, 15) is 9.90 Å². The lowest BCUT2D eigenvalue weighted by atomic mass is 9.76. The number of rotatable bonds is 3. The number of allylic oxidation sites excluding steroid dienone is 9. The zero-order chi connectivity index (χ0) is 26.0. The van der Waals surface area contributed by atoms with Gasteiger partial charge in [-0.1, -0.05) is 82.2 Å². The van der Waals surface area contributed by atoms with Crippen LogP contribution in [0.15, 0.2) is 76.1 Å². The Balaban J connectivity index is 1.64. The Labute approximate surface area is 216 Å². The van der Waals surface area contributed by atoms with Crippen LogP contribution in [0.2, 0.25) is 0 Å². The molecule has 0 aromatic heterocycles. The van der Waals surface area contributed by atoms with Crippen LogP contribution >= 0.6 is 0 Å². The normalized spacial score (nSPS) is 24.2. The Morgan fingerprint density at radius 1 is 0.889 bits per heavy atom. The van der Waals surface area contributed by atoms with Crippen molar-refractivity contribution in [1.29, 1.82) is 0 Å². The topological polar surface area (TPSA) is 37.3 Å². The van der Waals surface area contributed by atoms with Crippen molar-refractivity contribution in [2.24, 2.45) is 17.8 Å². The van der Waals surface area contributed by atoms with E-state index in [2.05, 4.69) is 97.9 Å². The van der Waals surface area contributed by atoms with Crippen molar-refractivity contribution >= 4 is 11.4 Å². The molecule has 2 unspecified atom stereocenters. The fraction of sp³-hybridized carbons (Fsp3) is 0.382. The largest absolute Gasteiger partial charge is 0.506 e. The van der Waals surface area contributed by atoms with E-state index >= 15 is 0 Å². The fourth-order valence-corrected chi connectivity index (χ4v) is 6.33. The molecule has 0 heterocycles. The third-order valence-corrected chi connectivity index (χ3v) is 8.51. The van der Waals surface area contributed by atoms with Crippen LogP contribution in [0.4, 0.5) is 0 Å². The van der Waals surface area contributed by atoms with Crippen molar-refractivity contribution in [2.45, 2.75) is 67.7 Å². The van der Waals surface area contributed by atoms with Gasteiger partial charge in [0, 0.05) is 5.92 Å². The van der Waals surface area contributed by atoms with E-state index in [0.29, 0.717) is 28.9 Å². The molecule has 1 N–H and O–H groups in total. The summed E-state index contributed by atoms with van der Waals surface area (Å²) in [5, 5.41) is 11.4. The monoisotopic (exact) mass is 478 g/mol. The summed E-state index contributed by atoms with van der Waals surface area (Å²) < 4.78 is 0. The van der Waals surface area contributed by atoms with Gasteiger partial charge in [-0.15, -0.1) is 0 Å². The maximum Gasteiger partial charge on any atom is 0.201 e. The highest BCUT2D eigenvalue weighted by molar-refractivity contribution is 6.40. The van der Waals surface area contributed by atoms with Crippen LogP contribution in [0, 0.1) is 31.6 Å². The van der Waals surface area contributed by atoms with E-state index in [1.807, 2.05) is 0 Å². The van der Waals surface area contributed by atoms with Crippen LogP contribution in [0.3, 0.4) is 0 Å². The van der Waals surface area contributed by atoms with Gasteiger partial charge in [0.05, 0.1) is 11.1 Å². The minimum absolute atomic E-state index is 0.00747. The lowest BCUT2D eigenvalue weighted by molar-refractivity contribution is -0.111. The molecular formula is C34H38O2. The SMILES string of the molecule is CC1=CC=C(C(C)C)C=C2C(C)CC(=C3C(=O)C(c4cc(C)c5cc(C(C)C)ccc(C)c4-5)=C3O)C12. The summed E-state index contributed by atoms with van der Waals surface area (Å²) in [7, 11) is 0. The zero-order valence-electron chi connectivity index (χ0n) is 22.9. The molecule has 186 valence electrons. The van der Waals surface area contributed by atoms with Crippen LogP contribution in [0.25, 0.3) is 16.7 Å². The van der Waals surface area contributed by atoms with Crippen molar-refractivity contribution < 1.29 is 9.90 Å². The summed E-state index contributed by atoms with van der Waals surface area (Å²) in [6, 6.07) is 8.67. The lowest BCUT2D eigenvalue weighted by Crippen LogP contribution is -2.24. The van der Waals surface area contributed by atoms with Gasteiger partial charge in [-0.05, 0) is 95.5 Å².